The molecule has 1 aliphatic rings. The molecule has 1 saturated heterocycles. The van der Waals surface area contributed by atoms with Gasteiger partial charge in [0.25, 0.3) is 0 Å². The second-order valence-corrected chi connectivity index (χ2v) is 8.56. The Morgan fingerprint density at radius 1 is 0.694 bits per heavy atom. The molecule has 2 aromatic rings. The van der Waals surface area contributed by atoms with Crippen molar-refractivity contribution >= 4 is 11.9 Å². The van der Waals surface area contributed by atoms with Crippen LogP contribution in [-0.4, -0.2) is 111 Å². The summed E-state index contributed by atoms with van der Waals surface area (Å²) in [6.07, 6.45) is -1.30. The van der Waals surface area contributed by atoms with E-state index in [9.17, 15) is 19.8 Å². The summed E-state index contributed by atoms with van der Waals surface area (Å²) in [5.41, 5.74) is 0.878. The number of β-amino-alcohol motifs (C(OH)–C–C–N with tert-alkyl or cyclic N) is 2. The first-order valence-corrected chi connectivity index (χ1v) is 11.8. The predicted molar refractivity (Wildman–Crippen MR) is 131 cm³/mol. The number of hydrogen-bond acceptors (Lipinski definition) is 10. The Hall–Kier alpha value is -3.18. The lowest BCUT2D eigenvalue weighted by molar-refractivity contribution is 0.0240. The fourth-order valence-corrected chi connectivity index (χ4v) is 3.85. The fraction of sp³-hybridized carbons (Fsp3) is 0.462. The number of nitrogens with zero attached hydrogens (tertiary/aromatic N) is 2. The number of carbonyl (C=O) groups excluding carboxylic acids is 2. The summed E-state index contributed by atoms with van der Waals surface area (Å²) in [6.45, 7) is 4.35. The molecule has 10 heteroatoms. The van der Waals surface area contributed by atoms with Crippen LogP contribution in [0.4, 0.5) is 0 Å². The fourth-order valence-electron chi connectivity index (χ4n) is 3.85. The number of aliphatic hydroxyl groups excluding tert-OH is 2. The quantitative estimate of drug-likeness (QED) is 0.408. The smallest absolute Gasteiger partial charge is 0.337 e. The van der Waals surface area contributed by atoms with Crippen LogP contribution >= 0.6 is 0 Å². The van der Waals surface area contributed by atoms with Crippen molar-refractivity contribution in [2.24, 2.45) is 0 Å². The van der Waals surface area contributed by atoms with Crippen LogP contribution in [0.3, 0.4) is 0 Å². The van der Waals surface area contributed by atoms with Crippen molar-refractivity contribution in [2.45, 2.75) is 12.2 Å². The van der Waals surface area contributed by atoms with E-state index in [4.69, 9.17) is 9.47 Å². The number of benzene rings is 2. The molecule has 0 unspecified atom stereocenters. The van der Waals surface area contributed by atoms with Crippen LogP contribution in [0.25, 0.3) is 0 Å². The normalized spacial score (nSPS) is 16.1. The van der Waals surface area contributed by atoms with E-state index in [0.29, 0.717) is 35.7 Å². The van der Waals surface area contributed by atoms with E-state index in [-0.39, 0.29) is 13.2 Å². The molecule has 0 aromatic heterocycles. The number of carbonyl (C=O) groups is 2. The van der Waals surface area contributed by atoms with Gasteiger partial charge >= 0.3 is 11.9 Å². The molecule has 2 atom stereocenters. The zero-order valence-electron chi connectivity index (χ0n) is 20.7. The van der Waals surface area contributed by atoms with Crippen LogP contribution < -0.4 is 9.47 Å². The van der Waals surface area contributed by atoms with E-state index in [1.807, 2.05) is 0 Å². The van der Waals surface area contributed by atoms with Crippen LogP contribution in [0.15, 0.2) is 48.5 Å². The first-order valence-electron chi connectivity index (χ1n) is 11.8. The van der Waals surface area contributed by atoms with Crippen LogP contribution in [0.2, 0.25) is 0 Å². The summed E-state index contributed by atoms with van der Waals surface area (Å²) in [5, 5.41) is 20.7. The number of aliphatic hydroxyl groups is 2. The Kier molecular flexibility index (Phi) is 10.5. The van der Waals surface area contributed by atoms with Gasteiger partial charge in [-0.15, -0.1) is 0 Å². The zero-order chi connectivity index (χ0) is 25.9. The average molecular weight is 503 g/mol. The molecular weight excluding hydrogens is 468 g/mol. The van der Waals surface area contributed by atoms with Crippen LogP contribution in [0.1, 0.15) is 20.7 Å². The second kappa shape index (κ2) is 13.8. The molecule has 1 fully saturated rings. The Labute approximate surface area is 210 Å². The van der Waals surface area contributed by atoms with Crippen molar-refractivity contribution in [2.75, 3.05) is 66.7 Å². The first kappa shape index (κ1) is 27.4. The third-order valence-electron chi connectivity index (χ3n) is 5.84. The number of ether oxygens (including phenoxy) is 4. The highest BCUT2D eigenvalue weighted by Gasteiger charge is 2.21. The van der Waals surface area contributed by atoms with E-state index in [0.717, 1.165) is 26.2 Å². The monoisotopic (exact) mass is 502 g/mol. The van der Waals surface area contributed by atoms with Crippen LogP contribution in [0, 0.1) is 0 Å². The zero-order valence-corrected chi connectivity index (χ0v) is 20.7. The van der Waals surface area contributed by atoms with Crippen molar-refractivity contribution < 1.29 is 38.7 Å². The highest BCUT2D eigenvalue weighted by Crippen LogP contribution is 2.15. The van der Waals surface area contributed by atoms with Gasteiger partial charge in [0.2, 0.25) is 0 Å². The lowest BCUT2D eigenvalue weighted by Crippen LogP contribution is -2.51. The van der Waals surface area contributed by atoms with Crippen molar-refractivity contribution in [3.8, 4) is 11.5 Å². The van der Waals surface area contributed by atoms with Gasteiger partial charge in [-0.05, 0) is 48.5 Å². The molecule has 3 rings (SSSR count). The third kappa shape index (κ3) is 8.49. The minimum absolute atomic E-state index is 0.147. The summed E-state index contributed by atoms with van der Waals surface area (Å²) in [7, 11) is 2.66. The highest BCUT2D eigenvalue weighted by atomic mass is 16.5. The van der Waals surface area contributed by atoms with Gasteiger partial charge in [0, 0.05) is 39.3 Å². The molecule has 36 heavy (non-hydrogen) atoms. The Bertz CT molecular complexity index is 879. The van der Waals surface area contributed by atoms with Crippen molar-refractivity contribution in [3.63, 3.8) is 0 Å². The van der Waals surface area contributed by atoms with Gasteiger partial charge in [0.1, 0.15) is 36.9 Å². The Morgan fingerprint density at radius 3 is 1.33 bits per heavy atom. The molecule has 2 N–H and O–H groups in total. The number of piperazine rings is 1. The van der Waals surface area contributed by atoms with E-state index in [1.54, 1.807) is 48.5 Å². The van der Waals surface area contributed by atoms with E-state index in [2.05, 4.69) is 19.3 Å². The Balaban J connectivity index is 1.31. The summed E-state index contributed by atoms with van der Waals surface area (Å²) < 4.78 is 20.6. The van der Waals surface area contributed by atoms with Crippen molar-refractivity contribution in [1.29, 1.82) is 0 Å². The van der Waals surface area contributed by atoms with Gasteiger partial charge < -0.3 is 29.2 Å². The molecule has 0 spiro atoms. The maximum atomic E-state index is 11.5. The maximum absolute atomic E-state index is 11.5. The standard InChI is InChI=1S/C26H34N2O8/c1-33-25(31)19-3-7-23(8-4-19)35-17-21(29)15-27-11-13-28(14-12-27)16-22(30)18-36-24-9-5-20(6-10-24)26(32)34-2/h3-10,21-22,29-30H,11-18H2,1-2H3/t21-,22+. The largest absolute Gasteiger partial charge is 0.491 e. The van der Waals surface area contributed by atoms with E-state index >= 15 is 0 Å². The molecule has 0 bridgehead atoms. The molecule has 0 saturated carbocycles. The van der Waals surface area contributed by atoms with Gasteiger partial charge in [-0.25, -0.2) is 9.59 Å². The topological polar surface area (TPSA) is 118 Å². The molecule has 1 heterocycles. The third-order valence-corrected chi connectivity index (χ3v) is 5.84. The highest BCUT2D eigenvalue weighted by molar-refractivity contribution is 5.89. The SMILES string of the molecule is COC(=O)c1ccc(OC[C@@H](O)CN2CCN(C[C@@H](O)COc3ccc(C(=O)OC)cc3)CC2)cc1. The van der Waals surface area contributed by atoms with E-state index < -0.39 is 24.1 Å². The number of methoxy groups -OCH3 is 2. The summed E-state index contributed by atoms with van der Waals surface area (Å²) in [4.78, 5) is 27.3. The minimum atomic E-state index is -0.651. The molecule has 196 valence electrons. The number of esters is 2. The number of hydrogen-bond donors (Lipinski definition) is 2. The lowest BCUT2D eigenvalue weighted by atomic mass is 10.2. The Morgan fingerprint density at radius 2 is 1.03 bits per heavy atom. The molecule has 0 radical (unpaired) electrons. The van der Waals surface area contributed by atoms with Gasteiger partial charge in [-0.1, -0.05) is 0 Å². The molecule has 0 amide bonds. The summed E-state index contributed by atoms with van der Waals surface area (Å²) in [6, 6.07) is 13.2. The molecule has 10 nitrogen and oxygen atoms in total. The van der Waals surface area contributed by atoms with E-state index in [1.165, 1.54) is 14.2 Å². The first-order chi connectivity index (χ1) is 17.4. The summed E-state index contributed by atoms with van der Waals surface area (Å²) in [5.74, 6) is 0.323. The van der Waals surface area contributed by atoms with Gasteiger partial charge in [-0.2, -0.15) is 0 Å². The maximum Gasteiger partial charge on any atom is 0.337 e. The molecule has 1 aliphatic heterocycles. The second-order valence-electron chi connectivity index (χ2n) is 8.56. The lowest BCUT2D eigenvalue weighted by Gasteiger charge is -2.36. The van der Waals surface area contributed by atoms with Gasteiger partial charge in [0.05, 0.1) is 25.3 Å². The van der Waals surface area contributed by atoms with Crippen LogP contribution in [-0.2, 0) is 9.47 Å². The number of rotatable bonds is 12. The molecular formula is C26H34N2O8. The average Bonchev–Trinajstić information content (AvgIpc) is 2.91. The van der Waals surface area contributed by atoms with Crippen molar-refractivity contribution in [1.82, 2.24) is 9.80 Å². The predicted octanol–water partition coefficient (Wildman–Crippen LogP) is 1.06. The van der Waals surface area contributed by atoms with Gasteiger partial charge in [0.15, 0.2) is 0 Å². The minimum Gasteiger partial charge on any atom is -0.491 e. The van der Waals surface area contributed by atoms with Gasteiger partial charge in [-0.3, -0.25) is 9.80 Å². The van der Waals surface area contributed by atoms with Crippen LogP contribution in [0.5, 0.6) is 11.5 Å². The molecule has 0 aliphatic carbocycles. The molecule has 2 aromatic carbocycles. The van der Waals surface area contributed by atoms with Crippen molar-refractivity contribution in [3.05, 3.63) is 59.7 Å². The summed E-state index contributed by atoms with van der Waals surface area (Å²) >= 11 is 0.